The van der Waals surface area contributed by atoms with Crippen molar-refractivity contribution in [2.45, 2.75) is 59.4 Å². The highest BCUT2D eigenvalue weighted by molar-refractivity contribution is 4.52. The Kier molecular flexibility index (Phi) is 10.4. The van der Waals surface area contributed by atoms with E-state index in [2.05, 4.69) is 33.0 Å². The van der Waals surface area contributed by atoms with E-state index in [9.17, 15) is 0 Å². The molecular weight excluding hydrogens is 186 g/mol. The van der Waals surface area contributed by atoms with Crippen LogP contribution < -0.4 is 5.32 Å². The normalized spacial score (nSPS) is 11.6. The van der Waals surface area contributed by atoms with Gasteiger partial charge in [-0.15, -0.1) is 0 Å². The summed E-state index contributed by atoms with van der Waals surface area (Å²) in [5, 5.41) is 3.41. The quantitative estimate of drug-likeness (QED) is 0.565. The molecule has 0 atom stereocenters. The van der Waals surface area contributed by atoms with Gasteiger partial charge in [-0.2, -0.15) is 0 Å². The SMILES string of the molecule is CC(C)CCCOCCCCNC(C)C. The highest BCUT2D eigenvalue weighted by atomic mass is 16.5. The van der Waals surface area contributed by atoms with Crippen molar-refractivity contribution >= 4 is 0 Å². The molecule has 0 spiro atoms. The van der Waals surface area contributed by atoms with Crippen LogP contribution in [0.25, 0.3) is 0 Å². The lowest BCUT2D eigenvalue weighted by Gasteiger charge is -2.08. The number of rotatable bonds is 10. The van der Waals surface area contributed by atoms with E-state index in [4.69, 9.17) is 4.74 Å². The minimum atomic E-state index is 0.608. The Morgan fingerprint density at radius 3 is 2.20 bits per heavy atom. The first-order chi connectivity index (χ1) is 7.13. The molecule has 0 aromatic rings. The largest absolute Gasteiger partial charge is 0.381 e. The van der Waals surface area contributed by atoms with E-state index < -0.39 is 0 Å². The molecule has 0 aliphatic rings. The Morgan fingerprint density at radius 2 is 1.60 bits per heavy atom. The first-order valence-corrected chi connectivity index (χ1v) is 6.44. The molecule has 0 radical (unpaired) electrons. The maximum Gasteiger partial charge on any atom is 0.0466 e. The average molecular weight is 215 g/mol. The third-order valence-electron chi connectivity index (χ3n) is 2.34. The first-order valence-electron chi connectivity index (χ1n) is 6.44. The zero-order valence-electron chi connectivity index (χ0n) is 11.0. The minimum absolute atomic E-state index is 0.608. The lowest BCUT2D eigenvalue weighted by atomic mass is 10.1. The zero-order chi connectivity index (χ0) is 11.5. The molecule has 0 fully saturated rings. The lowest BCUT2D eigenvalue weighted by Crippen LogP contribution is -2.23. The van der Waals surface area contributed by atoms with Crippen molar-refractivity contribution in [3.8, 4) is 0 Å². The third kappa shape index (κ3) is 13.9. The van der Waals surface area contributed by atoms with Crippen molar-refractivity contribution in [3.05, 3.63) is 0 Å². The molecule has 1 N–H and O–H groups in total. The number of nitrogens with one attached hydrogen (secondary N) is 1. The predicted molar refractivity (Wildman–Crippen MR) is 67.3 cm³/mol. The third-order valence-corrected chi connectivity index (χ3v) is 2.34. The standard InChI is InChI=1S/C13H29NO/c1-12(2)8-7-11-15-10-6-5-9-14-13(3)4/h12-14H,5-11H2,1-4H3. The molecule has 0 aromatic heterocycles. The zero-order valence-corrected chi connectivity index (χ0v) is 11.0. The van der Waals surface area contributed by atoms with E-state index >= 15 is 0 Å². The van der Waals surface area contributed by atoms with Gasteiger partial charge in [0.2, 0.25) is 0 Å². The fourth-order valence-corrected chi connectivity index (χ4v) is 1.42. The summed E-state index contributed by atoms with van der Waals surface area (Å²) in [5.41, 5.74) is 0. The summed E-state index contributed by atoms with van der Waals surface area (Å²) in [7, 11) is 0. The monoisotopic (exact) mass is 215 g/mol. The Balaban J connectivity index is 2.93. The highest BCUT2D eigenvalue weighted by Crippen LogP contribution is 2.03. The summed E-state index contributed by atoms with van der Waals surface area (Å²) in [6.07, 6.45) is 4.90. The van der Waals surface area contributed by atoms with Crippen molar-refractivity contribution in [1.82, 2.24) is 5.32 Å². The van der Waals surface area contributed by atoms with Gasteiger partial charge in [-0.25, -0.2) is 0 Å². The Morgan fingerprint density at radius 1 is 0.933 bits per heavy atom. The molecule has 92 valence electrons. The van der Waals surface area contributed by atoms with E-state index in [1.165, 1.54) is 25.7 Å². The van der Waals surface area contributed by atoms with Crippen LogP contribution in [0.1, 0.15) is 53.4 Å². The van der Waals surface area contributed by atoms with Crippen LogP contribution in [0.4, 0.5) is 0 Å². The summed E-state index contributed by atoms with van der Waals surface area (Å²) in [5.74, 6) is 0.809. The van der Waals surface area contributed by atoms with Gasteiger partial charge in [-0.3, -0.25) is 0 Å². The molecule has 0 unspecified atom stereocenters. The molecular formula is C13H29NO. The van der Waals surface area contributed by atoms with Crippen molar-refractivity contribution in [2.75, 3.05) is 19.8 Å². The summed E-state index contributed by atoms with van der Waals surface area (Å²) >= 11 is 0. The Bertz CT molecular complexity index is 110. The lowest BCUT2D eigenvalue weighted by molar-refractivity contribution is 0.124. The molecule has 0 amide bonds. The van der Waals surface area contributed by atoms with Gasteiger partial charge < -0.3 is 10.1 Å². The summed E-state index contributed by atoms with van der Waals surface area (Å²) in [4.78, 5) is 0. The van der Waals surface area contributed by atoms with Crippen LogP contribution >= 0.6 is 0 Å². The van der Waals surface area contributed by atoms with Gasteiger partial charge in [0, 0.05) is 19.3 Å². The second-order valence-electron chi connectivity index (χ2n) is 4.96. The maximum absolute atomic E-state index is 5.56. The molecule has 0 heterocycles. The average Bonchev–Trinajstić information content (AvgIpc) is 2.14. The molecule has 0 aliphatic heterocycles. The number of ether oxygens (including phenoxy) is 1. The second kappa shape index (κ2) is 10.4. The molecule has 0 aromatic carbocycles. The number of unbranched alkanes of at least 4 members (excludes halogenated alkanes) is 1. The number of hydrogen-bond donors (Lipinski definition) is 1. The van der Waals surface area contributed by atoms with Gasteiger partial charge in [0.25, 0.3) is 0 Å². The van der Waals surface area contributed by atoms with Crippen molar-refractivity contribution < 1.29 is 4.74 Å². The fourth-order valence-electron chi connectivity index (χ4n) is 1.42. The molecule has 0 saturated heterocycles. The first kappa shape index (κ1) is 14.9. The van der Waals surface area contributed by atoms with Crippen molar-refractivity contribution in [1.29, 1.82) is 0 Å². The minimum Gasteiger partial charge on any atom is -0.381 e. The second-order valence-corrected chi connectivity index (χ2v) is 4.96. The number of hydrogen-bond acceptors (Lipinski definition) is 2. The Hall–Kier alpha value is -0.0800. The molecule has 0 aliphatic carbocycles. The van der Waals surface area contributed by atoms with Crippen LogP contribution in [-0.4, -0.2) is 25.8 Å². The van der Waals surface area contributed by atoms with Gasteiger partial charge in [0.05, 0.1) is 0 Å². The molecule has 0 saturated carbocycles. The van der Waals surface area contributed by atoms with E-state index in [1.54, 1.807) is 0 Å². The summed E-state index contributed by atoms with van der Waals surface area (Å²) in [6.45, 7) is 11.9. The van der Waals surface area contributed by atoms with Gasteiger partial charge >= 0.3 is 0 Å². The maximum atomic E-state index is 5.56. The van der Waals surface area contributed by atoms with E-state index in [0.717, 1.165) is 25.7 Å². The van der Waals surface area contributed by atoms with Crippen LogP contribution in [-0.2, 0) is 4.74 Å². The molecule has 2 nitrogen and oxygen atoms in total. The van der Waals surface area contributed by atoms with E-state index in [1.807, 2.05) is 0 Å². The smallest absolute Gasteiger partial charge is 0.0466 e. The fraction of sp³-hybridized carbons (Fsp3) is 1.00. The van der Waals surface area contributed by atoms with Gasteiger partial charge in [0.15, 0.2) is 0 Å². The molecule has 2 heteroatoms. The summed E-state index contributed by atoms with van der Waals surface area (Å²) in [6, 6.07) is 0.608. The van der Waals surface area contributed by atoms with Crippen LogP contribution in [0.2, 0.25) is 0 Å². The van der Waals surface area contributed by atoms with E-state index in [-0.39, 0.29) is 0 Å². The van der Waals surface area contributed by atoms with Crippen molar-refractivity contribution in [2.24, 2.45) is 5.92 Å². The molecule has 0 rings (SSSR count). The topological polar surface area (TPSA) is 21.3 Å². The van der Waals surface area contributed by atoms with Crippen LogP contribution in [0, 0.1) is 5.92 Å². The van der Waals surface area contributed by atoms with Crippen molar-refractivity contribution in [3.63, 3.8) is 0 Å². The molecule has 15 heavy (non-hydrogen) atoms. The highest BCUT2D eigenvalue weighted by Gasteiger charge is 1.95. The molecule has 0 bridgehead atoms. The van der Waals surface area contributed by atoms with Crippen LogP contribution in [0.15, 0.2) is 0 Å². The van der Waals surface area contributed by atoms with Gasteiger partial charge in [0.1, 0.15) is 0 Å². The summed E-state index contributed by atoms with van der Waals surface area (Å²) < 4.78 is 5.56. The van der Waals surface area contributed by atoms with Crippen LogP contribution in [0.3, 0.4) is 0 Å². The van der Waals surface area contributed by atoms with Crippen LogP contribution in [0.5, 0.6) is 0 Å². The van der Waals surface area contributed by atoms with Gasteiger partial charge in [-0.1, -0.05) is 27.7 Å². The van der Waals surface area contributed by atoms with E-state index in [0.29, 0.717) is 6.04 Å². The van der Waals surface area contributed by atoms with Gasteiger partial charge in [-0.05, 0) is 38.1 Å². The predicted octanol–water partition coefficient (Wildman–Crippen LogP) is 3.22. The Labute approximate surface area is 95.8 Å².